The van der Waals surface area contributed by atoms with Crippen LogP contribution >= 0.6 is 12.4 Å². The first-order chi connectivity index (χ1) is 9.56. The van der Waals surface area contributed by atoms with E-state index in [2.05, 4.69) is 28.5 Å². The molecule has 0 saturated carbocycles. The molecule has 5 heteroatoms. The fraction of sp³-hybridized carbons (Fsp3) is 0.562. The molecule has 1 heterocycles. The van der Waals surface area contributed by atoms with Crippen LogP contribution in [0.2, 0.25) is 0 Å². The molecule has 0 unspecified atom stereocenters. The first-order valence-electron chi connectivity index (χ1n) is 7.34. The minimum atomic E-state index is 0. The molecule has 0 spiro atoms. The van der Waals surface area contributed by atoms with Crippen molar-refractivity contribution in [2.75, 3.05) is 32.0 Å². The molecule has 1 aromatic rings. The van der Waals surface area contributed by atoms with Gasteiger partial charge in [0.2, 0.25) is 5.91 Å². The van der Waals surface area contributed by atoms with E-state index in [1.807, 2.05) is 26.1 Å². The van der Waals surface area contributed by atoms with Gasteiger partial charge < -0.3 is 10.6 Å². The summed E-state index contributed by atoms with van der Waals surface area (Å²) in [5.74, 6) is 0.0676. The van der Waals surface area contributed by atoms with Gasteiger partial charge in [-0.25, -0.2) is 0 Å². The van der Waals surface area contributed by atoms with Crippen molar-refractivity contribution in [3.63, 3.8) is 0 Å². The Hall–Kier alpha value is -1.10. The number of nitrogens with zero attached hydrogens (tertiary/aromatic N) is 1. The van der Waals surface area contributed by atoms with Crippen molar-refractivity contribution in [1.82, 2.24) is 10.2 Å². The number of benzene rings is 1. The SMILES string of the molecule is Cc1ccc(NC(=O)CN(C)C2CCNCC2)c(C)c1.Cl. The quantitative estimate of drug-likeness (QED) is 0.897. The number of halogens is 1. The molecule has 1 saturated heterocycles. The first-order valence-corrected chi connectivity index (χ1v) is 7.34. The Labute approximate surface area is 133 Å². The normalized spacial score (nSPS) is 15.6. The van der Waals surface area contributed by atoms with Gasteiger partial charge in [-0.05, 0) is 58.5 Å². The van der Waals surface area contributed by atoms with Crippen LogP contribution in [-0.4, -0.2) is 43.5 Å². The summed E-state index contributed by atoms with van der Waals surface area (Å²) in [5, 5.41) is 6.36. The fourth-order valence-electron chi connectivity index (χ4n) is 2.75. The van der Waals surface area contributed by atoms with Gasteiger partial charge in [0.25, 0.3) is 0 Å². The summed E-state index contributed by atoms with van der Waals surface area (Å²) >= 11 is 0. The van der Waals surface area contributed by atoms with Crippen molar-refractivity contribution in [2.45, 2.75) is 32.7 Å². The molecular weight excluding hydrogens is 286 g/mol. The number of carbonyl (C=O) groups excluding carboxylic acids is 1. The minimum absolute atomic E-state index is 0. The third kappa shape index (κ3) is 5.30. The third-order valence-electron chi connectivity index (χ3n) is 3.98. The smallest absolute Gasteiger partial charge is 0.238 e. The van der Waals surface area contributed by atoms with Crippen LogP contribution in [-0.2, 0) is 4.79 Å². The molecule has 0 aromatic heterocycles. The van der Waals surface area contributed by atoms with Crippen LogP contribution in [0.25, 0.3) is 0 Å². The number of amides is 1. The highest BCUT2D eigenvalue weighted by molar-refractivity contribution is 5.93. The van der Waals surface area contributed by atoms with E-state index >= 15 is 0 Å². The fourth-order valence-corrected chi connectivity index (χ4v) is 2.75. The Morgan fingerprint density at radius 2 is 2.00 bits per heavy atom. The van der Waals surface area contributed by atoms with Gasteiger partial charge in [-0.15, -0.1) is 12.4 Å². The van der Waals surface area contributed by atoms with Crippen molar-refractivity contribution in [3.05, 3.63) is 29.3 Å². The number of piperidine rings is 1. The lowest BCUT2D eigenvalue weighted by Crippen LogP contribution is -2.44. The van der Waals surface area contributed by atoms with Gasteiger partial charge in [0.1, 0.15) is 0 Å². The predicted molar refractivity (Wildman–Crippen MR) is 90.3 cm³/mol. The first kappa shape index (κ1) is 18.0. The lowest BCUT2D eigenvalue weighted by Gasteiger charge is -2.31. The van der Waals surface area contributed by atoms with Gasteiger partial charge in [0, 0.05) is 11.7 Å². The highest BCUT2D eigenvalue weighted by atomic mass is 35.5. The zero-order valence-corrected chi connectivity index (χ0v) is 13.9. The lowest BCUT2D eigenvalue weighted by atomic mass is 10.1. The summed E-state index contributed by atoms with van der Waals surface area (Å²) in [6, 6.07) is 6.61. The van der Waals surface area contributed by atoms with Gasteiger partial charge in [0.15, 0.2) is 0 Å². The largest absolute Gasteiger partial charge is 0.325 e. The van der Waals surface area contributed by atoms with E-state index in [1.54, 1.807) is 0 Å². The van der Waals surface area contributed by atoms with E-state index in [0.29, 0.717) is 12.6 Å². The lowest BCUT2D eigenvalue weighted by molar-refractivity contribution is -0.117. The summed E-state index contributed by atoms with van der Waals surface area (Å²) in [4.78, 5) is 14.3. The van der Waals surface area contributed by atoms with E-state index in [0.717, 1.165) is 37.2 Å². The number of hydrogen-bond acceptors (Lipinski definition) is 3. The highest BCUT2D eigenvalue weighted by Gasteiger charge is 2.19. The Morgan fingerprint density at radius 1 is 1.33 bits per heavy atom. The van der Waals surface area contributed by atoms with E-state index in [4.69, 9.17) is 0 Å². The Bertz CT molecular complexity index is 473. The van der Waals surface area contributed by atoms with Crippen LogP contribution in [0, 0.1) is 13.8 Å². The standard InChI is InChI=1S/C16H25N3O.ClH/c1-12-4-5-15(13(2)10-12)18-16(20)11-19(3)14-6-8-17-9-7-14;/h4-5,10,14,17H,6-9,11H2,1-3H3,(H,18,20);1H. The maximum Gasteiger partial charge on any atom is 0.238 e. The zero-order chi connectivity index (χ0) is 14.5. The van der Waals surface area contributed by atoms with Crippen LogP contribution < -0.4 is 10.6 Å². The van der Waals surface area contributed by atoms with E-state index in [9.17, 15) is 4.79 Å². The van der Waals surface area contributed by atoms with Crippen LogP contribution in [0.3, 0.4) is 0 Å². The second kappa shape index (κ2) is 8.37. The summed E-state index contributed by atoms with van der Waals surface area (Å²) in [6.45, 7) is 6.64. The molecule has 21 heavy (non-hydrogen) atoms. The molecule has 1 aliphatic rings. The van der Waals surface area contributed by atoms with Crippen LogP contribution in [0.4, 0.5) is 5.69 Å². The van der Waals surface area contributed by atoms with Crippen LogP contribution in [0.15, 0.2) is 18.2 Å². The molecule has 1 amide bonds. The number of carbonyl (C=O) groups is 1. The molecule has 1 aliphatic heterocycles. The number of aryl methyl sites for hydroxylation is 2. The van der Waals surface area contributed by atoms with Gasteiger partial charge in [-0.1, -0.05) is 17.7 Å². The summed E-state index contributed by atoms with van der Waals surface area (Å²) in [6.07, 6.45) is 2.24. The molecule has 2 rings (SSSR count). The molecule has 0 atom stereocenters. The van der Waals surface area contributed by atoms with Gasteiger partial charge >= 0.3 is 0 Å². The van der Waals surface area contributed by atoms with Gasteiger partial charge in [0.05, 0.1) is 6.54 Å². The van der Waals surface area contributed by atoms with Crippen molar-refractivity contribution >= 4 is 24.0 Å². The molecule has 118 valence electrons. The molecule has 1 fully saturated rings. The maximum atomic E-state index is 12.1. The number of hydrogen-bond donors (Lipinski definition) is 2. The van der Waals surface area contributed by atoms with E-state index in [1.165, 1.54) is 5.56 Å². The highest BCUT2D eigenvalue weighted by Crippen LogP contribution is 2.16. The number of rotatable bonds is 4. The third-order valence-corrected chi connectivity index (χ3v) is 3.98. The number of nitrogens with one attached hydrogen (secondary N) is 2. The topological polar surface area (TPSA) is 44.4 Å². The Balaban J connectivity index is 0.00000220. The van der Waals surface area contributed by atoms with Crippen molar-refractivity contribution in [3.8, 4) is 0 Å². The van der Waals surface area contributed by atoms with Crippen molar-refractivity contribution in [1.29, 1.82) is 0 Å². The van der Waals surface area contributed by atoms with Gasteiger partial charge in [-0.2, -0.15) is 0 Å². The number of anilines is 1. The molecular formula is C16H26ClN3O. The summed E-state index contributed by atoms with van der Waals surface area (Å²) in [5.41, 5.74) is 3.24. The minimum Gasteiger partial charge on any atom is -0.325 e. The van der Waals surface area contributed by atoms with Crippen LogP contribution in [0.5, 0.6) is 0 Å². The molecule has 1 aromatic carbocycles. The Morgan fingerprint density at radius 3 is 2.62 bits per heavy atom. The van der Waals surface area contributed by atoms with Gasteiger partial charge in [-0.3, -0.25) is 9.69 Å². The van der Waals surface area contributed by atoms with E-state index in [-0.39, 0.29) is 18.3 Å². The zero-order valence-electron chi connectivity index (χ0n) is 13.1. The Kier molecular flexibility index (Phi) is 7.15. The summed E-state index contributed by atoms with van der Waals surface area (Å²) in [7, 11) is 2.04. The maximum absolute atomic E-state index is 12.1. The second-order valence-electron chi connectivity index (χ2n) is 5.76. The molecule has 0 aliphatic carbocycles. The molecule has 2 N–H and O–H groups in total. The molecule has 0 bridgehead atoms. The number of likely N-dealkylation sites (N-methyl/N-ethyl adjacent to an activating group) is 1. The van der Waals surface area contributed by atoms with Crippen LogP contribution in [0.1, 0.15) is 24.0 Å². The van der Waals surface area contributed by atoms with Crippen molar-refractivity contribution in [2.24, 2.45) is 0 Å². The average Bonchev–Trinajstić information content (AvgIpc) is 2.43. The summed E-state index contributed by atoms with van der Waals surface area (Å²) < 4.78 is 0. The predicted octanol–water partition coefficient (Wildman–Crippen LogP) is 2.35. The monoisotopic (exact) mass is 311 g/mol. The van der Waals surface area contributed by atoms with E-state index < -0.39 is 0 Å². The van der Waals surface area contributed by atoms with Crippen molar-refractivity contribution < 1.29 is 4.79 Å². The second-order valence-corrected chi connectivity index (χ2v) is 5.76. The molecule has 0 radical (unpaired) electrons. The molecule has 4 nitrogen and oxygen atoms in total. The average molecular weight is 312 g/mol.